The van der Waals surface area contributed by atoms with Gasteiger partial charge in [-0.2, -0.15) is 0 Å². The first-order valence-corrected chi connectivity index (χ1v) is 6.64. The predicted molar refractivity (Wildman–Crippen MR) is 67.4 cm³/mol. The van der Waals surface area contributed by atoms with Crippen LogP contribution >= 0.6 is 0 Å². The first-order chi connectivity index (χ1) is 8.81. The van der Waals surface area contributed by atoms with E-state index < -0.39 is 0 Å². The lowest BCUT2D eigenvalue weighted by Crippen LogP contribution is -2.40. The van der Waals surface area contributed by atoms with E-state index in [-0.39, 0.29) is 5.79 Å². The third-order valence-corrected chi connectivity index (χ3v) is 3.72. The van der Waals surface area contributed by atoms with Crippen LogP contribution in [-0.2, 0) is 11.3 Å². The number of ether oxygens (including phenoxy) is 2. The number of benzene rings is 1. The Balaban J connectivity index is 1.76. The number of hydrogen-bond donors (Lipinski definition) is 1. The van der Waals surface area contributed by atoms with E-state index in [0.717, 1.165) is 36.3 Å². The summed E-state index contributed by atoms with van der Waals surface area (Å²) in [6.45, 7) is 0.519. The molecule has 1 fully saturated rings. The third-order valence-electron chi connectivity index (χ3n) is 3.72. The molecule has 1 aliphatic carbocycles. The molecule has 0 aromatic heterocycles. The van der Waals surface area contributed by atoms with E-state index in [1.807, 2.05) is 18.2 Å². The molecule has 1 spiro atoms. The lowest BCUT2D eigenvalue weighted by atomic mass is 9.94. The molecule has 2 N–H and O–H groups in total. The van der Waals surface area contributed by atoms with Gasteiger partial charge >= 0.3 is 0 Å². The minimum absolute atomic E-state index is 0.385. The van der Waals surface area contributed by atoms with Gasteiger partial charge in [0.2, 0.25) is 0 Å². The third kappa shape index (κ3) is 2.18. The van der Waals surface area contributed by atoms with Gasteiger partial charge in [-0.15, -0.1) is 0 Å². The van der Waals surface area contributed by atoms with Gasteiger partial charge in [0.05, 0.1) is 6.61 Å². The second kappa shape index (κ2) is 4.78. The van der Waals surface area contributed by atoms with Crippen LogP contribution in [0.5, 0.6) is 11.5 Å². The van der Waals surface area contributed by atoms with Crippen LogP contribution in [0.15, 0.2) is 18.2 Å². The Hall–Kier alpha value is -1.26. The van der Waals surface area contributed by atoms with Gasteiger partial charge in [0.25, 0.3) is 5.79 Å². The lowest BCUT2D eigenvalue weighted by Gasteiger charge is -2.31. The molecule has 1 saturated carbocycles. The van der Waals surface area contributed by atoms with Crippen molar-refractivity contribution < 1.29 is 14.3 Å². The fraction of sp³-hybridized carbons (Fsp3) is 0.571. The Morgan fingerprint density at radius 1 is 1.11 bits per heavy atom. The monoisotopic (exact) mass is 249 g/mol. The van der Waals surface area contributed by atoms with Crippen molar-refractivity contribution in [2.75, 3.05) is 6.61 Å². The highest BCUT2D eigenvalue weighted by Gasteiger charge is 2.42. The first kappa shape index (κ1) is 11.8. The van der Waals surface area contributed by atoms with Gasteiger partial charge in [0, 0.05) is 12.8 Å². The molecule has 4 heteroatoms. The molecule has 18 heavy (non-hydrogen) atoms. The maximum atomic E-state index is 6.06. The molecule has 0 atom stereocenters. The summed E-state index contributed by atoms with van der Waals surface area (Å²) in [6, 6.07) is 6.07. The molecular formula is C14H19NO3. The number of hydrogen-bond acceptors (Lipinski definition) is 4. The molecule has 0 unspecified atom stereocenters. The van der Waals surface area contributed by atoms with Crippen LogP contribution in [0.4, 0.5) is 0 Å². The van der Waals surface area contributed by atoms with Crippen molar-refractivity contribution in [3.05, 3.63) is 23.8 Å². The van der Waals surface area contributed by atoms with E-state index in [1.54, 1.807) is 0 Å². The molecule has 4 nitrogen and oxygen atoms in total. The van der Waals surface area contributed by atoms with E-state index >= 15 is 0 Å². The van der Waals surface area contributed by atoms with Crippen LogP contribution in [0.3, 0.4) is 0 Å². The number of nitrogens with two attached hydrogens (primary N) is 1. The molecule has 2 aliphatic rings. The summed E-state index contributed by atoms with van der Waals surface area (Å²) in [4.78, 5) is 4.60. The molecule has 98 valence electrons. The van der Waals surface area contributed by atoms with Crippen LogP contribution in [0, 0.1) is 0 Å². The summed E-state index contributed by atoms with van der Waals surface area (Å²) in [5, 5.41) is 0. The van der Waals surface area contributed by atoms with Gasteiger partial charge in [0.15, 0.2) is 11.5 Å². The Bertz CT molecular complexity index is 427. The maximum Gasteiger partial charge on any atom is 0.251 e. The minimum atomic E-state index is -0.385. The summed E-state index contributed by atoms with van der Waals surface area (Å²) in [6.07, 6.45) is 6.42. The normalized spacial score (nSPS) is 20.3. The van der Waals surface area contributed by atoms with Crippen molar-refractivity contribution in [1.82, 2.24) is 0 Å². The van der Waals surface area contributed by atoms with Crippen LogP contribution in [-0.4, -0.2) is 12.4 Å². The maximum absolute atomic E-state index is 6.06. The molecule has 0 amide bonds. The van der Waals surface area contributed by atoms with Crippen molar-refractivity contribution in [2.45, 2.75) is 44.3 Å². The molecule has 1 heterocycles. The van der Waals surface area contributed by atoms with Gasteiger partial charge in [-0.3, -0.25) is 0 Å². The molecule has 0 saturated heterocycles. The number of fused-ring (bicyclic) bond motifs is 1. The second-order valence-electron chi connectivity index (χ2n) is 5.08. The predicted octanol–water partition coefficient (Wildman–Crippen LogP) is 2.55. The topological polar surface area (TPSA) is 53.7 Å². The van der Waals surface area contributed by atoms with Crippen LogP contribution in [0.1, 0.15) is 37.7 Å². The highest BCUT2D eigenvalue weighted by Crippen LogP contribution is 2.45. The van der Waals surface area contributed by atoms with E-state index in [1.165, 1.54) is 19.3 Å². The Labute approximate surface area is 107 Å². The average Bonchev–Trinajstić information content (AvgIpc) is 2.73. The summed E-state index contributed by atoms with van der Waals surface area (Å²) >= 11 is 0. The summed E-state index contributed by atoms with van der Waals surface area (Å²) in [7, 11) is 0. The SMILES string of the molecule is NOCCc1ccc2c(c1)OC1(CCCCC1)O2. The smallest absolute Gasteiger partial charge is 0.251 e. The summed E-state index contributed by atoms with van der Waals surface area (Å²) in [5.41, 5.74) is 1.16. The van der Waals surface area contributed by atoms with Gasteiger partial charge in [-0.1, -0.05) is 12.5 Å². The van der Waals surface area contributed by atoms with Gasteiger partial charge in [0.1, 0.15) is 0 Å². The molecule has 0 bridgehead atoms. The number of rotatable bonds is 3. The van der Waals surface area contributed by atoms with Crippen LogP contribution in [0.25, 0.3) is 0 Å². The van der Waals surface area contributed by atoms with E-state index in [9.17, 15) is 0 Å². The van der Waals surface area contributed by atoms with Gasteiger partial charge in [-0.25, -0.2) is 5.90 Å². The highest BCUT2D eigenvalue weighted by molar-refractivity contribution is 5.46. The van der Waals surface area contributed by atoms with Crippen molar-refractivity contribution >= 4 is 0 Å². The molecular weight excluding hydrogens is 230 g/mol. The Morgan fingerprint density at radius 3 is 2.67 bits per heavy atom. The zero-order valence-corrected chi connectivity index (χ0v) is 10.5. The van der Waals surface area contributed by atoms with E-state index in [4.69, 9.17) is 15.4 Å². The van der Waals surface area contributed by atoms with Crippen LogP contribution in [0.2, 0.25) is 0 Å². The van der Waals surface area contributed by atoms with Gasteiger partial charge < -0.3 is 14.3 Å². The largest absolute Gasteiger partial charge is 0.448 e. The Kier molecular flexibility index (Phi) is 3.14. The quantitative estimate of drug-likeness (QED) is 0.836. The standard InChI is InChI=1S/C14H19NO3/c15-16-9-6-11-4-5-12-13(10-11)18-14(17-12)7-2-1-3-8-14/h4-5,10H,1-3,6-9,15H2. The van der Waals surface area contributed by atoms with Crippen molar-refractivity contribution in [1.29, 1.82) is 0 Å². The fourth-order valence-corrected chi connectivity index (χ4v) is 2.77. The molecule has 1 aliphatic heterocycles. The molecule has 3 rings (SSSR count). The highest BCUT2D eigenvalue weighted by atomic mass is 16.7. The molecule has 0 radical (unpaired) electrons. The molecule has 1 aromatic rings. The lowest BCUT2D eigenvalue weighted by molar-refractivity contribution is -0.105. The zero-order chi connectivity index (χ0) is 12.4. The fourth-order valence-electron chi connectivity index (χ4n) is 2.77. The van der Waals surface area contributed by atoms with Crippen molar-refractivity contribution in [3.63, 3.8) is 0 Å². The Morgan fingerprint density at radius 2 is 1.89 bits per heavy atom. The van der Waals surface area contributed by atoms with E-state index in [0.29, 0.717) is 6.61 Å². The van der Waals surface area contributed by atoms with Crippen molar-refractivity contribution in [2.24, 2.45) is 5.90 Å². The van der Waals surface area contributed by atoms with Crippen LogP contribution < -0.4 is 15.4 Å². The average molecular weight is 249 g/mol. The van der Waals surface area contributed by atoms with E-state index in [2.05, 4.69) is 4.84 Å². The molecule has 1 aromatic carbocycles. The first-order valence-electron chi connectivity index (χ1n) is 6.64. The van der Waals surface area contributed by atoms with Crippen molar-refractivity contribution in [3.8, 4) is 11.5 Å². The minimum Gasteiger partial charge on any atom is -0.448 e. The van der Waals surface area contributed by atoms with Gasteiger partial charge in [-0.05, 0) is 37.0 Å². The summed E-state index contributed by atoms with van der Waals surface area (Å²) in [5.74, 6) is 6.40. The zero-order valence-electron chi connectivity index (χ0n) is 10.5. The summed E-state index contributed by atoms with van der Waals surface area (Å²) < 4.78 is 12.1. The second-order valence-corrected chi connectivity index (χ2v) is 5.08.